The number of nitrogens with zero attached hydrogens (tertiary/aromatic N) is 5. The molecule has 0 aliphatic carbocycles. The minimum absolute atomic E-state index is 0.0666. The second kappa shape index (κ2) is 14.9. The zero-order chi connectivity index (χ0) is 38.1. The highest BCUT2D eigenvalue weighted by Crippen LogP contribution is 2.47. The molecule has 0 fully saturated rings. The lowest BCUT2D eigenvalue weighted by Crippen LogP contribution is -2.36. The molecule has 8 nitrogen and oxygen atoms in total. The molecule has 0 spiro atoms. The first-order valence-corrected chi connectivity index (χ1v) is 19.5. The van der Waals surface area contributed by atoms with Crippen LogP contribution in [0.25, 0.3) is 39.3 Å². The Morgan fingerprint density at radius 2 is 1.22 bits per heavy atom. The minimum atomic E-state index is -4.02. The molecule has 10 heteroatoms. The van der Waals surface area contributed by atoms with E-state index >= 15 is 0 Å². The molecule has 1 aliphatic heterocycles. The summed E-state index contributed by atoms with van der Waals surface area (Å²) in [4.78, 5) is 14.8. The lowest BCUT2D eigenvalue weighted by Gasteiger charge is -2.30. The number of hydrogen-bond donors (Lipinski definition) is 1. The topological polar surface area (TPSA) is 91.6 Å². The Kier molecular flexibility index (Phi) is 9.67. The summed E-state index contributed by atoms with van der Waals surface area (Å²) < 4.78 is 31.8. The van der Waals surface area contributed by atoms with Gasteiger partial charge in [0.05, 0.1) is 21.6 Å². The largest absolute Gasteiger partial charge is 0.343 e. The Morgan fingerprint density at radius 3 is 1.82 bits per heavy atom. The molecule has 1 atom stereocenters. The third-order valence-electron chi connectivity index (χ3n) is 9.59. The molecule has 0 radical (unpaired) electrons. The quantitative estimate of drug-likeness (QED) is 0.169. The molecule has 272 valence electrons. The summed E-state index contributed by atoms with van der Waals surface area (Å²) in [7, 11) is -1.88. The van der Waals surface area contributed by atoms with Crippen LogP contribution in [-0.4, -0.2) is 33.7 Å². The molecular weight excluding hydrogens is 726 g/mol. The van der Waals surface area contributed by atoms with Gasteiger partial charge in [0.15, 0.2) is 11.6 Å². The van der Waals surface area contributed by atoms with E-state index in [1.165, 1.54) is 39.9 Å². The Labute approximate surface area is 325 Å². The van der Waals surface area contributed by atoms with Crippen molar-refractivity contribution in [2.45, 2.75) is 18.0 Å². The van der Waals surface area contributed by atoms with Crippen molar-refractivity contribution in [3.8, 4) is 11.3 Å². The summed E-state index contributed by atoms with van der Waals surface area (Å²) in [5.41, 5.74) is 9.28. The van der Waals surface area contributed by atoms with Crippen molar-refractivity contribution in [1.82, 2.24) is 14.5 Å². The van der Waals surface area contributed by atoms with Crippen LogP contribution in [0.15, 0.2) is 169 Å². The molecule has 0 saturated heterocycles. The van der Waals surface area contributed by atoms with Crippen molar-refractivity contribution in [3.63, 3.8) is 0 Å². The zero-order valence-corrected chi connectivity index (χ0v) is 31.6. The van der Waals surface area contributed by atoms with Crippen LogP contribution in [0.1, 0.15) is 11.1 Å². The van der Waals surface area contributed by atoms with Gasteiger partial charge in [0.2, 0.25) is 0 Å². The van der Waals surface area contributed by atoms with E-state index in [4.69, 9.17) is 26.1 Å². The van der Waals surface area contributed by atoms with Gasteiger partial charge in [0.25, 0.3) is 10.1 Å². The summed E-state index contributed by atoms with van der Waals surface area (Å²) in [6, 6.07) is 51.7. The monoisotopic (exact) mass is 761 g/mol. The van der Waals surface area contributed by atoms with Crippen molar-refractivity contribution in [1.29, 1.82) is 0 Å². The molecule has 1 N–H and O–H groups in total. The number of halogens is 1. The van der Waals surface area contributed by atoms with Crippen molar-refractivity contribution in [2.75, 3.05) is 9.80 Å². The Balaban J connectivity index is 0.000000337. The predicted molar refractivity (Wildman–Crippen MR) is 224 cm³/mol. The van der Waals surface area contributed by atoms with E-state index < -0.39 is 10.1 Å². The second-order valence-corrected chi connectivity index (χ2v) is 15.0. The van der Waals surface area contributed by atoms with Gasteiger partial charge in [-0.3, -0.25) is 14.4 Å². The Morgan fingerprint density at radius 1 is 0.673 bits per heavy atom. The van der Waals surface area contributed by atoms with Crippen molar-refractivity contribution in [3.05, 3.63) is 180 Å². The van der Waals surface area contributed by atoms with Crippen molar-refractivity contribution < 1.29 is 13.0 Å². The standard InChI is InChI=1S/C38H28ClN5.C7H8O3S/c1-42-34-20-12-11-19-30(34)31(36(42)26-13-5-2-6-14-26)22-24-35-43(28-15-7-3-8-16-28)37-38(44(35)29-17-9-4-10-18-29)41-33-25-27(39)21-23-32(33)40-37;1-6-2-4-7(5-3-6)11(8,9)10/h2-25,35H,1H3;2-5H,1H3,(H,8,9,10). The first-order chi connectivity index (χ1) is 26.7. The smallest absolute Gasteiger partial charge is 0.294 e. The normalized spacial score (nSPS) is 14.0. The van der Waals surface area contributed by atoms with Gasteiger partial charge in [-0.2, -0.15) is 8.42 Å². The predicted octanol–water partition coefficient (Wildman–Crippen LogP) is 11.0. The van der Waals surface area contributed by atoms with Gasteiger partial charge in [0.1, 0.15) is 6.17 Å². The maximum Gasteiger partial charge on any atom is 0.294 e. The minimum Gasteiger partial charge on any atom is -0.343 e. The molecule has 0 amide bonds. The van der Waals surface area contributed by atoms with Crippen molar-refractivity contribution in [2.24, 2.45) is 7.05 Å². The van der Waals surface area contributed by atoms with E-state index in [1.807, 2.05) is 37.3 Å². The van der Waals surface area contributed by atoms with Crippen LogP contribution < -0.4 is 9.80 Å². The van der Waals surface area contributed by atoms with Crippen LogP contribution >= 0.6 is 11.6 Å². The van der Waals surface area contributed by atoms with Crippen LogP contribution in [-0.2, 0) is 17.2 Å². The van der Waals surface area contributed by atoms with Gasteiger partial charge < -0.3 is 4.57 Å². The highest BCUT2D eigenvalue weighted by Gasteiger charge is 2.39. The van der Waals surface area contributed by atoms with Gasteiger partial charge in [0, 0.05) is 39.9 Å². The number of hydrogen-bond acceptors (Lipinski definition) is 6. The molecule has 1 aliphatic rings. The molecule has 8 aromatic rings. The van der Waals surface area contributed by atoms with E-state index in [-0.39, 0.29) is 11.1 Å². The average Bonchev–Trinajstić information content (AvgIpc) is 3.67. The van der Waals surface area contributed by atoms with E-state index in [9.17, 15) is 8.42 Å². The zero-order valence-electron chi connectivity index (χ0n) is 30.0. The highest BCUT2D eigenvalue weighted by molar-refractivity contribution is 7.85. The number of para-hydroxylation sites is 3. The van der Waals surface area contributed by atoms with Gasteiger partial charge in [-0.1, -0.05) is 120 Å². The maximum atomic E-state index is 10.5. The molecule has 55 heavy (non-hydrogen) atoms. The van der Waals surface area contributed by atoms with Gasteiger partial charge in [-0.15, -0.1) is 0 Å². The number of benzene rings is 6. The maximum absolute atomic E-state index is 10.5. The molecule has 0 saturated carbocycles. The molecule has 3 heterocycles. The second-order valence-electron chi connectivity index (χ2n) is 13.2. The third kappa shape index (κ3) is 7.08. The fourth-order valence-electron chi connectivity index (χ4n) is 7.03. The Hall–Kier alpha value is -6.26. The third-order valence-corrected chi connectivity index (χ3v) is 10.7. The lowest BCUT2D eigenvalue weighted by atomic mass is 10.0. The summed E-state index contributed by atoms with van der Waals surface area (Å²) in [6.45, 7) is 1.84. The number of fused-ring (bicyclic) bond motifs is 3. The van der Waals surface area contributed by atoms with Crippen LogP contribution in [0.2, 0.25) is 5.02 Å². The number of aromatic nitrogens is 3. The van der Waals surface area contributed by atoms with E-state index in [0.29, 0.717) is 5.02 Å². The average molecular weight is 762 g/mol. The van der Waals surface area contributed by atoms with Gasteiger partial charge in [-0.05, 0) is 79.2 Å². The molecule has 0 bridgehead atoms. The molecule has 2 aromatic heterocycles. The molecule has 6 aromatic carbocycles. The first-order valence-electron chi connectivity index (χ1n) is 17.7. The molecular formula is C45H36ClN5O3S. The lowest BCUT2D eigenvalue weighted by molar-refractivity contribution is 0.483. The van der Waals surface area contributed by atoms with Crippen molar-refractivity contribution >= 4 is 72.7 Å². The fraction of sp³-hybridized carbons (Fsp3) is 0.0667. The fourth-order valence-corrected chi connectivity index (χ4v) is 7.67. The highest BCUT2D eigenvalue weighted by atomic mass is 35.5. The van der Waals surface area contributed by atoms with Gasteiger partial charge in [-0.25, -0.2) is 9.97 Å². The van der Waals surface area contributed by atoms with Gasteiger partial charge >= 0.3 is 0 Å². The SMILES string of the molecule is Cc1ccc(S(=O)(=O)O)cc1.Cn1c(-c2ccccc2)c(C=CC2N(c3ccccc3)c3nc4ccc(Cl)cc4nc3N2c2ccccc2)c2ccccc21. The number of anilines is 4. The van der Waals surface area contributed by atoms with Crippen LogP contribution in [0.4, 0.5) is 23.0 Å². The van der Waals surface area contributed by atoms with E-state index in [1.54, 1.807) is 12.1 Å². The van der Waals surface area contributed by atoms with Crippen LogP contribution in [0.3, 0.4) is 0 Å². The Bertz CT molecular complexity index is 2780. The van der Waals surface area contributed by atoms with E-state index in [2.05, 4.69) is 137 Å². The number of rotatable bonds is 6. The molecule has 1 unspecified atom stereocenters. The summed E-state index contributed by atoms with van der Waals surface area (Å²) in [5, 5.41) is 1.84. The summed E-state index contributed by atoms with van der Waals surface area (Å²) in [5.74, 6) is 1.58. The molecule has 9 rings (SSSR count). The summed E-state index contributed by atoms with van der Waals surface area (Å²) in [6.07, 6.45) is 4.29. The number of aryl methyl sites for hydroxylation is 2. The first kappa shape index (κ1) is 35.8. The summed E-state index contributed by atoms with van der Waals surface area (Å²) >= 11 is 6.40. The van der Waals surface area contributed by atoms with E-state index in [0.717, 1.165) is 39.6 Å². The van der Waals surface area contributed by atoms with Crippen LogP contribution in [0.5, 0.6) is 0 Å². The van der Waals surface area contributed by atoms with Crippen LogP contribution in [0, 0.1) is 6.92 Å².